The summed E-state index contributed by atoms with van der Waals surface area (Å²) in [5.41, 5.74) is 0. The highest BCUT2D eigenvalue weighted by Crippen LogP contribution is 2.18. The van der Waals surface area contributed by atoms with Crippen LogP contribution in [0.2, 0.25) is 0 Å². The first-order valence-corrected chi connectivity index (χ1v) is 4.08. The summed E-state index contributed by atoms with van der Waals surface area (Å²) < 4.78 is 34.1. The highest BCUT2D eigenvalue weighted by molar-refractivity contribution is 8.09. The van der Waals surface area contributed by atoms with E-state index in [1.807, 2.05) is 0 Å². The second-order valence-corrected chi connectivity index (χ2v) is 3.61. The van der Waals surface area contributed by atoms with Gasteiger partial charge in [0.05, 0.1) is 10.9 Å². The van der Waals surface area contributed by atoms with E-state index in [1.54, 1.807) is 0 Å². The monoisotopic (exact) mass is 159 g/mol. The third-order valence-corrected chi connectivity index (χ3v) is 1.58. The molecule has 0 spiro atoms. The predicted molar refractivity (Wildman–Crippen MR) is 30.3 cm³/mol. The Kier molecular flexibility index (Phi) is 2.54. The average Bonchev–Trinajstić information content (AvgIpc) is 1.62. The third-order valence-electron chi connectivity index (χ3n) is 0.602. The number of carbonyl (C=O) groups is 1. The van der Waals surface area contributed by atoms with Gasteiger partial charge in [0, 0.05) is 0 Å². The van der Waals surface area contributed by atoms with Crippen molar-refractivity contribution < 1.29 is 18.0 Å². The first-order valence-electron chi connectivity index (χ1n) is 2.04. The van der Waals surface area contributed by atoms with E-state index in [1.165, 1.54) is 12.5 Å². The zero-order valence-electron chi connectivity index (χ0n) is 4.95. The molecule has 0 aliphatic heterocycles. The number of halogens is 3. The van der Waals surface area contributed by atoms with Crippen molar-refractivity contribution in [3.05, 3.63) is 0 Å². The van der Waals surface area contributed by atoms with E-state index in [4.69, 9.17) is 0 Å². The standard InChI is InChI=1S/C4H6F3OS/c1-9(2)3(8)4(5,6)7/h1-2H3/q+1. The molecule has 0 aromatic heterocycles. The highest BCUT2D eigenvalue weighted by Gasteiger charge is 2.47. The van der Waals surface area contributed by atoms with E-state index in [-0.39, 0.29) is 0 Å². The molecule has 0 fully saturated rings. The molecule has 0 aromatic carbocycles. The second kappa shape index (κ2) is 2.60. The van der Waals surface area contributed by atoms with Gasteiger partial charge in [-0.3, -0.25) is 0 Å². The van der Waals surface area contributed by atoms with Crippen LogP contribution in [0, 0.1) is 0 Å². The van der Waals surface area contributed by atoms with Gasteiger partial charge in [-0.1, -0.05) is 0 Å². The van der Waals surface area contributed by atoms with E-state index >= 15 is 0 Å². The molecule has 0 saturated carbocycles. The minimum atomic E-state index is -4.65. The molecular formula is C4H6F3OS+. The topological polar surface area (TPSA) is 17.1 Å². The summed E-state index contributed by atoms with van der Waals surface area (Å²) in [4.78, 5) is 10.1. The Hall–Kier alpha value is -0.190. The molecular weight excluding hydrogens is 153 g/mol. The number of alkyl halides is 3. The highest BCUT2D eigenvalue weighted by atomic mass is 32.2. The summed E-state index contributed by atoms with van der Waals surface area (Å²) in [6, 6.07) is 0. The SMILES string of the molecule is C[S+](C)C(=O)C(F)(F)F. The fraction of sp³-hybridized carbons (Fsp3) is 0.750. The predicted octanol–water partition coefficient (Wildman–Crippen LogP) is 0.953. The summed E-state index contributed by atoms with van der Waals surface area (Å²) in [7, 11) is -1.19. The molecule has 5 heteroatoms. The molecule has 0 heterocycles. The van der Waals surface area contributed by atoms with Crippen LogP contribution in [0.5, 0.6) is 0 Å². The lowest BCUT2D eigenvalue weighted by Crippen LogP contribution is -2.29. The van der Waals surface area contributed by atoms with Crippen molar-refractivity contribution in [3.63, 3.8) is 0 Å². The molecule has 0 unspecified atom stereocenters. The molecule has 0 amide bonds. The Morgan fingerprint density at radius 2 is 1.67 bits per heavy atom. The molecule has 0 rings (SSSR count). The van der Waals surface area contributed by atoms with Crippen LogP contribution >= 0.6 is 0 Å². The molecule has 0 aromatic rings. The normalized spacial score (nSPS) is 12.2. The van der Waals surface area contributed by atoms with Gasteiger partial charge >= 0.3 is 11.3 Å². The Labute approximate surface area is 53.6 Å². The van der Waals surface area contributed by atoms with Crippen molar-refractivity contribution >= 4 is 16.0 Å². The zero-order chi connectivity index (χ0) is 7.65. The van der Waals surface area contributed by atoms with Crippen molar-refractivity contribution in [3.8, 4) is 0 Å². The van der Waals surface area contributed by atoms with Crippen LogP contribution in [0.4, 0.5) is 13.2 Å². The minimum Gasteiger partial charge on any atom is -0.227 e. The molecule has 0 aliphatic rings. The molecule has 54 valence electrons. The Morgan fingerprint density at radius 1 is 1.33 bits per heavy atom. The maximum atomic E-state index is 11.4. The first-order chi connectivity index (χ1) is 3.85. The van der Waals surface area contributed by atoms with E-state index in [9.17, 15) is 18.0 Å². The maximum Gasteiger partial charge on any atom is 0.502 e. The van der Waals surface area contributed by atoms with E-state index < -0.39 is 22.2 Å². The molecule has 1 nitrogen and oxygen atoms in total. The van der Waals surface area contributed by atoms with Crippen LogP contribution in [0.1, 0.15) is 0 Å². The number of carbonyl (C=O) groups excluding carboxylic acids is 1. The van der Waals surface area contributed by atoms with Crippen LogP contribution in [-0.2, 0) is 15.7 Å². The molecule has 0 aliphatic carbocycles. The Morgan fingerprint density at radius 3 is 1.67 bits per heavy atom. The number of hydrogen-bond donors (Lipinski definition) is 0. The zero-order valence-corrected chi connectivity index (χ0v) is 5.77. The van der Waals surface area contributed by atoms with Gasteiger partial charge in [0.25, 0.3) is 0 Å². The Balaban J connectivity index is 4.06. The van der Waals surface area contributed by atoms with Crippen LogP contribution in [0.3, 0.4) is 0 Å². The van der Waals surface area contributed by atoms with Crippen LogP contribution in [0.15, 0.2) is 0 Å². The van der Waals surface area contributed by atoms with Gasteiger partial charge in [-0.05, 0) is 0 Å². The van der Waals surface area contributed by atoms with Crippen molar-refractivity contribution in [1.29, 1.82) is 0 Å². The summed E-state index contributed by atoms with van der Waals surface area (Å²) in [6.45, 7) is 0. The summed E-state index contributed by atoms with van der Waals surface area (Å²) in [6.07, 6.45) is -2.15. The molecule has 0 saturated heterocycles. The quantitative estimate of drug-likeness (QED) is 0.481. The van der Waals surface area contributed by atoms with Gasteiger partial charge in [-0.25, -0.2) is 4.79 Å². The third kappa shape index (κ3) is 2.74. The smallest absolute Gasteiger partial charge is 0.227 e. The summed E-state index contributed by atoms with van der Waals surface area (Å²) >= 11 is 0. The van der Waals surface area contributed by atoms with Crippen molar-refractivity contribution in [2.45, 2.75) is 6.18 Å². The van der Waals surface area contributed by atoms with Gasteiger partial charge in [0.2, 0.25) is 0 Å². The lowest BCUT2D eigenvalue weighted by molar-refractivity contribution is -0.160. The van der Waals surface area contributed by atoms with Crippen molar-refractivity contribution in [2.75, 3.05) is 12.5 Å². The fourth-order valence-corrected chi connectivity index (χ4v) is 0.694. The van der Waals surface area contributed by atoms with E-state index in [0.29, 0.717) is 0 Å². The molecule has 0 bridgehead atoms. The van der Waals surface area contributed by atoms with Gasteiger partial charge in [-0.15, -0.1) is 0 Å². The van der Waals surface area contributed by atoms with Gasteiger partial charge in [-0.2, -0.15) is 13.2 Å². The first kappa shape index (κ1) is 8.81. The maximum absolute atomic E-state index is 11.4. The minimum absolute atomic E-state index is 1.19. The number of rotatable bonds is 0. The Bertz CT molecular complexity index is 117. The van der Waals surface area contributed by atoms with Crippen LogP contribution < -0.4 is 0 Å². The van der Waals surface area contributed by atoms with Crippen molar-refractivity contribution in [1.82, 2.24) is 0 Å². The molecule has 0 radical (unpaired) electrons. The second-order valence-electron chi connectivity index (χ2n) is 1.60. The van der Waals surface area contributed by atoms with E-state index in [0.717, 1.165) is 0 Å². The molecule has 9 heavy (non-hydrogen) atoms. The van der Waals surface area contributed by atoms with E-state index in [2.05, 4.69) is 0 Å². The summed E-state index contributed by atoms with van der Waals surface area (Å²) in [5, 5.41) is -1.64. The lowest BCUT2D eigenvalue weighted by atomic mass is 10.8. The van der Waals surface area contributed by atoms with Gasteiger partial charge < -0.3 is 0 Å². The number of hydrogen-bond acceptors (Lipinski definition) is 1. The fourth-order valence-electron chi connectivity index (χ4n) is 0.231. The van der Waals surface area contributed by atoms with Gasteiger partial charge in [0.1, 0.15) is 12.5 Å². The van der Waals surface area contributed by atoms with Crippen molar-refractivity contribution in [2.24, 2.45) is 0 Å². The van der Waals surface area contributed by atoms with Crippen LogP contribution in [-0.4, -0.2) is 23.8 Å². The van der Waals surface area contributed by atoms with Crippen LogP contribution in [0.25, 0.3) is 0 Å². The van der Waals surface area contributed by atoms with Gasteiger partial charge in [0.15, 0.2) is 0 Å². The average molecular weight is 159 g/mol. The molecule has 0 atom stereocenters. The summed E-state index contributed by atoms with van der Waals surface area (Å²) in [5.74, 6) is 0. The lowest BCUT2D eigenvalue weighted by Gasteiger charge is -1.98. The largest absolute Gasteiger partial charge is 0.502 e. The molecule has 0 N–H and O–H groups in total.